The minimum Gasteiger partial charge on any atom is -0.497 e. The van der Waals surface area contributed by atoms with Gasteiger partial charge in [-0.05, 0) is 80.0 Å². The standard InChI is InChI=1S/C29H30N4O4/c1-35-25-11-7-22(8-12-25)28-31-27(37-32-28)19-33-17-15-23(16-18-33)29(34)30-24-9-13-26(14-10-24)36-20-21-5-3-2-4-6-21/h2-14,23H,15-20H2,1H3,(H,30,34). The summed E-state index contributed by atoms with van der Waals surface area (Å²) in [5, 5.41) is 7.15. The summed E-state index contributed by atoms with van der Waals surface area (Å²) in [6.07, 6.45) is 1.56. The van der Waals surface area contributed by atoms with Crippen molar-refractivity contribution in [2.75, 3.05) is 25.5 Å². The van der Waals surface area contributed by atoms with Crippen LogP contribution in [0.25, 0.3) is 11.4 Å². The van der Waals surface area contributed by atoms with E-state index in [4.69, 9.17) is 14.0 Å². The minimum absolute atomic E-state index is 0.0252. The molecule has 1 saturated heterocycles. The lowest BCUT2D eigenvalue weighted by Crippen LogP contribution is -2.37. The molecule has 0 bridgehead atoms. The van der Waals surface area contributed by atoms with E-state index in [9.17, 15) is 4.79 Å². The molecule has 1 amide bonds. The number of nitrogens with zero attached hydrogens (tertiary/aromatic N) is 3. The topological polar surface area (TPSA) is 89.7 Å². The zero-order valence-electron chi connectivity index (χ0n) is 20.8. The molecule has 0 atom stereocenters. The van der Waals surface area contributed by atoms with Gasteiger partial charge < -0.3 is 19.3 Å². The molecule has 0 spiro atoms. The maximum absolute atomic E-state index is 12.8. The quantitative estimate of drug-likeness (QED) is 0.340. The molecule has 1 aliphatic heterocycles. The highest BCUT2D eigenvalue weighted by Crippen LogP contribution is 2.24. The fourth-order valence-corrected chi connectivity index (χ4v) is 4.34. The van der Waals surface area contributed by atoms with E-state index in [0.717, 1.165) is 54.2 Å². The van der Waals surface area contributed by atoms with Crippen LogP contribution in [-0.4, -0.2) is 41.1 Å². The highest BCUT2D eigenvalue weighted by atomic mass is 16.5. The molecule has 4 aromatic rings. The van der Waals surface area contributed by atoms with Crippen molar-refractivity contribution in [3.63, 3.8) is 0 Å². The van der Waals surface area contributed by atoms with Crippen molar-refractivity contribution in [3.8, 4) is 22.9 Å². The van der Waals surface area contributed by atoms with Gasteiger partial charge in [-0.15, -0.1) is 0 Å². The molecule has 37 heavy (non-hydrogen) atoms. The van der Waals surface area contributed by atoms with Gasteiger partial charge >= 0.3 is 0 Å². The predicted molar refractivity (Wildman–Crippen MR) is 140 cm³/mol. The van der Waals surface area contributed by atoms with Crippen molar-refractivity contribution in [1.82, 2.24) is 15.0 Å². The number of carbonyl (C=O) groups is 1. The monoisotopic (exact) mass is 498 g/mol. The lowest BCUT2D eigenvalue weighted by atomic mass is 9.96. The second kappa shape index (κ2) is 11.7. The van der Waals surface area contributed by atoms with Gasteiger partial charge in [-0.25, -0.2) is 0 Å². The number of hydrogen-bond donors (Lipinski definition) is 1. The lowest BCUT2D eigenvalue weighted by molar-refractivity contribution is -0.121. The predicted octanol–water partition coefficient (Wildman–Crippen LogP) is 5.17. The Balaban J connectivity index is 1.06. The van der Waals surface area contributed by atoms with E-state index >= 15 is 0 Å². The number of likely N-dealkylation sites (tertiary alicyclic amines) is 1. The molecular formula is C29H30N4O4. The third kappa shape index (κ3) is 6.54. The smallest absolute Gasteiger partial charge is 0.241 e. The Morgan fingerprint density at radius 2 is 1.68 bits per heavy atom. The molecule has 0 aliphatic carbocycles. The third-order valence-electron chi connectivity index (χ3n) is 6.50. The van der Waals surface area contributed by atoms with Crippen molar-refractivity contribution in [3.05, 3.63) is 90.3 Å². The summed E-state index contributed by atoms with van der Waals surface area (Å²) < 4.78 is 16.5. The highest BCUT2D eigenvalue weighted by molar-refractivity contribution is 5.92. The number of nitrogens with one attached hydrogen (secondary N) is 1. The Bertz CT molecular complexity index is 1280. The normalized spacial score (nSPS) is 14.3. The largest absolute Gasteiger partial charge is 0.497 e. The number of ether oxygens (including phenoxy) is 2. The fraction of sp³-hybridized carbons (Fsp3) is 0.276. The number of piperidine rings is 1. The number of carbonyl (C=O) groups excluding carboxylic acids is 1. The number of methoxy groups -OCH3 is 1. The van der Waals surface area contributed by atoms with Gasteiger partial charge in [0.2, 0.25) is 17.6 Å². The number of amides is 1. The first kappa shape index (κ1) is 24.5. The van der Waals surface area contributed by atoms with E-state index in [-0.39, 0.29) is 11.8 Å². The summed E-state index contributed by atoms with van der Waals surface area (Å²) >= 11 is 0. The van der Waals surface area contributed by atoms with Crippen LogP contribution in [0.15, 0.2) is 83.4 Å². The Morgan fingerprint density at radius 3 is 2.38 bits per heavy atom. The maximum Gasteiger partial charge on any atom is 0.241 e. The van der Waals surface area contributed by atoms with Gasteiger partial charge in [-0.1, -0.05) is 35.5 Å². The molecular weight excluding hydrogens is 468 g/mol. The van der Waals surface area contributed by atoms with Crippen LogP contribution < -0.4 is 14.8 Å². The van der Waals surface area contributed by atoms with Gasteiger partial charge in [-0.3, -0.25) is 9.69 Å². The van der Waals surface area contributed by atoms with Gasteiger partial charge in [0.25, 0.3) is 0 Å². The van der Waals surface area contributed by atoms with Crippen LogP contribution in [0.1, 0.15) is 24.3 Å². The van der Waals surface area contributed by atoms with Crippen molar-refractivity contribution in [2.45, 2.75) is 26.0 Å². The van der Waals surface area contributed by atoms with E-state index in [0.29, 0.717) is 24.9 Å². The van der Waals surface area contributed by atoms with Crippen LogP contribution in [0.4, 0.5) is 5.69 Å². The SMILES string of the molecule is COc1ccc(-c2noc(CN3CCC(C(=O)Nc4ccc(OCc5ccccc5)cc4)CC3)n2)cc1. The Labute approximate surface area is 216 Å². The van der Waals surface area contributed by atoms with E-state index < -0.39 is 0 Å². The van der Waals surface area contributed by atoms with Crippen LogP contribution >= 0.6 is 0 Å². The van der Waals surface area contributed by atoms with Crippen LogP contribution in [0, 0.1) is 5.92 Å². The minimum atomic E-state index is -0.0252. The van der Waals surface area contributed by atoms with Gasteiger partial charge in [-0.2, -0.15) is 4.98 Å². The molecule has 190 valence electrons. The number of benzene rings is 3. The highest BCUT2D eigenvalue weighted by Gasteiger charge is 2.26. The molecule has 1 N–H and O–H groups in total. The molecule has 8 heteroatoms. The number of rotatable bonds is 9. The van der Waals surface area contributed by atoms with Gasteiger partial charge in [0, 0.05) is 17.2 Å². The maximum atomic E-state index is 12.8. The molecule has 0 unspecified atom stereocenters. The molecule has 0 radical (unpaired) electrons. The molecule has 2 heterocycles. The van der Waals surface area contributed by atoms with Crippen LogP contribution in [0.5, 0.6) is 11.5 Å². The number of aromatic nitrogens is 2. The zero-order chi connectivity index (χ0) is 25.5. The van der Waals surface area contributed by atoms with Crippen molar-refractivity contribution in [1.29, 1.82) is 0 Å². The fourth-order valence-electron chi connectivity index (χ4n) is 4.34. The van der Waals surface area contributed by atoms with Crippen LogP contribution in [0.2, 0.25) is 0 Å². The third-order valence-corrected chi connectivity index (χ3v) is 6.50. The zero-order valence-corrected chi connectivity index (χ0v) is 20.8. The first-order valence-electron chi connectivity index (χ1n) is 12.4. The average Bonchev–Trinajstić information content (AvgIpc) is 3.42. The number of hydrogen-bond acceptors (Lipinski definition) is 7. The Morgan fingerprint density at radius 1 is 0.973 bits per heavy atom. The molecule has 5 rings (SSSR count). The van der Waals surface area contributed by atoms with Crippen LogP contribution in [-0.2, 0) is 17.9 Å². The van der Waals surface area contributed by atoms with Crippen LogP contribution in [0.3, 0.4) is 0 Å². The second-order valence-electron chi connectivity index (χ2n) is 9.08. The number of anilines is 1. The van der Waals surface area contributed by atoms with Crippen molar-refractivity contribution >= 4 is 11.6 Å². The molecule has 3 aromatic carbocycles. The average molecular weight is 499 g/mol. The molecule has 0 saturated carbocycles. The summed E-state index contributed by atoms with van der Waals surface area (Å²) in [4.78, 5) is 19.6. The Hall–Kier alpha value is -4.17. The van der Waals surface area contributed by atoms with Crippen molar-refractivity contribution < 1.29 is 18.8 Å². The molecule has 1 aromatic heterocycles. The van der Waals surface area contributed by atoms with Gasteiger partial charge in [0.05, 0.1) is 13.7 Å². The summed E-state index contributed by atoms with van der Waals surface area (Å²) in [6, 6.07) is 25.1. The lowest BCUT2D eigenvalue weighted by Gasteiger charge is -2.30. The second-order valence-corrected chi connectivity index (χ2v) is 9.08. The summed E-state index contributed by atoms with van der Waals surface area (Å²) in [6.45, 7) is 2.68. The molecule has 8 nitrogen and oxygen atoms in total. The summed E-state index contributed by atoms with van der Waals surface area (Å²) in [7, 11) is 1.63. The summed E-state index contributed by atoms with van der Waals surface area (Å²) in [5.74, 6) is 2.71. The Kier molecular flexibility index (Phi) is 7.76. The first-order chi connectivity index (χ1) is 18.2. The van der Waals surface area contributed by atoms with E-state index in [1.54, 1.807) is 7.11 Å². The van der Waals surface area contributed by atoms with E-state index in [1.165, 1.54) is 0 Å². The van der Waals surface area contributed by atoms with Gasteiger partial charge in [0.15, 0.2) is 0 Å². The molecule has 1 aliphatic rings. The van der Waals surface area contributed by atoms with Gasteiger partial charge in [0.1, 0.15) is 18.1 Å². The first-order valence-corrected chi connectivity index (χ1v) is 12.4. The van der Waals surface area contributed by atoms with E-state index in [2.05, 4.69) is 20.4 Å². The molecule has 1 fully saturated rings. The van der Waals surface area contributed by atoms with Crippen molar-refractivity contribution in [2.24, 2.45) is 5.92 Å². The van der Waals surface area contributed by atoms with E-state index in [1.807, 2.05) is 78.9 Å². The summed E-state index contributed by atoms with van der Waals surface area (Å²) in [5.41, 5.74) is 2.77.